The molecule has 1 unspecified atom stereocenters. The summed E-state index contributed by atoms with van der Waals surface area (Å²) in [5, 5.41) is 0. The molecule has 2 aromatic carbocycles. The Hall–Kier alpha value is -2.55. The van der Waals surface area contributed by atoms with Gasteiger partial charge in [0, 0.05) is 15.2 Å². The van der Waals surface area contributed by atoms with Crippen molar-refractivity contribution in [2.24, 2.45) is 0 Å². The Morgan fingerprint density at radius 1 is 1.18 bits per heavy atom. The number of rotatable bonds is 4. The fourth-order valence-electron chi connectivity index (χ4n) is 3.24. The standard InChI is InChI=1S/C23H20F4O5S2/c1-4-31-21(28)15-8-5-14(6-9-15)7-10-16-11-17-19(32-34(29,30)23(25,26)27)13-22(2,3)33-20(17)12-18(16)24/h5-6,8-9,11-12,19H,4,13H2,1-3H3. The molecule has 0 saturated heterocycles. The van der Waals surface area contributed by atoms with Gasteiger partial charge in [-0.1, -0.05) is 25.7 Å². The van der Waals surface area contributed by atoms with E-state index in [0.717, 1.165) is 6.07 Å². The predicted octanol–water partition coefficient (Wildman–Crippen LogP) is 5.58. The fourth-order valence-corrected chi connectivity index (χ4v) is 5.13. The van der Waals surface area contributed by atoms with E-state index in [0.29, 0.717) is 11.1 Å². The van der Waals surface area contributed by atoms with Crippen molar-refractivity contribution in [1.29, 1.82) is 0 Å². The molecule has 182 valence electrons. The molecular formula is C23H20F4O5S2. The van der Waals surface area contributed by atoms with Crippen molar-refractivity contribution in [1.82, 2.24) is 0 Å². The minimum absolute atomic E-state index is 0.0478. The van der Waals surface area contributed by atoms with Crippen LogP contribution in [-0.4, -0.2) is 31.2 Å². The van der Waals surface area contributed by atoms with E-state index in [1.54, 1.807) is 20.8 Å². The summed E-state index contributed by atoms with van der Waals surface area (Å²) in [6, 6.07) is 8.39. The van der Waals surface area contributed by atoms with Gasteiger partial charge in [0.1, 0.15) is 11.9 Å². The first-order valence-electron chi connectivity index (χ1n) is 10.0. The van der Waals surface area contributed by atoms with Crippen LogP contribution in [0.1, 0.15) is 60.3 Å². The molecule has 0 bridgehead atoms. The molecular weight excluding hydrogens is 496 g/mol. The molecule has 0 fully saturated rings. The van der Waals surface area contributed by atoms with Gasteiger partial charge in [0.05, 0.1) is 17.7 Å². The minimum atomic E-state index is -5.86. The van der Waals surface area contributed by atoms with Crippen LogP contribution in [0.4, 0.5) is 17.6 Å². The van der Waals surface area contributed by atoms with Gasteiger partial charge in [0.25, 0.3) is 0 Å². The summed E-state index contributed by atoms with van der Waals surface area (Å²) >= 11 is 1.21. The van der Waals surface area contributed by atoms with Crippen molar-refractivity contribution in [3.8, 4) is 11.8 Å². The van der Waals surface area contributed by atoms with E-state index < -0.39 is 38.3 Å². The van der Waals surface area contributed by atoms with Gasteiger partial charge in [-0.3, -0.25) is 4.18 Å². The zero-order valence-corrected chi connectivity index (χ0v) is 20.0. The zero-order valence-electron chi connectivity index (χ0n) is 18.3. The van der Waals surface area contributed by atoms with E-state index in [1.807, 2.05) is 0 Å². The molecule has 1 aliphatic rings. The molecule has 0 aliphatic carbocycles. The third-order valence-electron chi connectivity index (χ3n) is 4.77. The average molecular weight is 517 g/mol. The molecule has 11 heteroatoms. The largest absolute Gasteiger partial charge is 0.523 e. The molecule has 34 heavy (non-hydrogen) atoms. The van der Waals surface area contributed by atoms with E-state index in [2.05, 4.69) is 16.0 Å². The van der Waals surface area contributed by atoms with Crippen LogP contribution in [0, 0.1) is 17.7 Å². The van der Waals surface area contributed by atoms with Gasteiger partial charge in [-0.05, 0) is 55.3 Å². The number of carbonyl (C=O) groups is 1. The third kappa shape index (κ3) is 5.92. The van der Waals surface area contributed by atoms with Crippen LogP contribution in [0.2, 0.25) is 0 Å². The molecule has 0 saturated carbocycles. The summed E-state index contributed by atoms with van der Waals surface area (Å²) in [5.74, 6) is 4.12. The maximum atomic E-state index is 14.7. The second-order valence-electron chi connectivity index (χ2n) is 7.97. The van der Waals surface area contributed by atoms with Crippen LogP contribution < -0.4 is 0 Å². The lowest BCUT2D eigenvalue weighted by atomic mass is 9.96. The molecule has 0 N–H and O–H groups in total. The molecule has 0 aromatic heterocycles. The molecule has 1 heterocycles. The van der Waals surface area contributed by atoms with Crippen molar-refractivity contribution in [2.45, 2.75) is 48.4 Å². The molecule has 1 atom stereocenters. The van der Waals surface area contributed by atoms with E-state index in [9.17, 15) is 30.8 Å². The van der Waals surface area contributed by atoms with E-state index in [4.69, 9.17) is 4.74 Å². The summed E-state index contributed by atoms with van der Waals surface area (Å²) in [4.78, 5) is 12.0. The fraction of sp³-hybridized carbons (Fsp3) is 0.348. The quantitative estimate of drug-likeness (QED) is 0.174. The van der Waals surface area contributed by atoms with Crippen molar-refractivity contribution in [3.63, 3.8) is 0 Å². The van der Waals surface area contributed by atoms with Gasteiger partial charge < -0.3 is 4.74 Å². The molecule has 2 aromatic rings. The monoisotopic (exact) mass is 516 g/mol. The number of hydrogen-bond donors (Lipinski definition) is 0. The number of benzene rings is 2. The van der Waals surface area contributed by atoms with E-state index in [1.165, 1.54) is 42.1 Å². The highest BCUT2D eigenvalue weighted by molar-refractivity contribution is 8.00. The van der Waals surface area contributed by atoms with Crippen LogP contribution in [-0.2, 0) is 19.0 Å². The number of halogens is 4. The molecule has 1 aliphatic heterocycles. The van der Waals surface area contributed by atoms with Gasteiger partial charge >= 0.3 is 21.6 Å². The second-order valence-corrected chi connectivity index (χ2v) is 11.3. The SMILES string of the molecule is CCOC(=O)c1ccc(C#Cc2cc3c(cc2F)SC(C)(C)CC3OS(=O)(=O)C(F)(F)F)cc1. The van der Waals surface area contributed by atoms with Crippen LogP contribution in [0.3, 0.4) is 0 Å². The lowest BCUT2D eigenvalue weighted by Gasteiger charge is -2.35. The summed E-state index contributed by atoms with van der Waals surface area (Å²) < 4.78 is 85.4. The summed E-state index contributed by atoms with van der Waals surface area (Å²) in [6.07, 6.45) is -1.50. The average Bonchev–Trinajstić information content (AvgIpc) is 2.71. The Kier molecular flexibility index (Phi) is 7.36. The maximum Gasteiger partial charge on any atom is 0.523 e. The van der Waals surface area contributed by atoms with Crippen molar-refractivity contribution in [2.75, 3.05) is 6.61 Å². The number of alkyl halides is 3. The number of esters is 1. The molecule has 0 radical (unpaired) electrons. The third-order valence-corrected chi connectivity index (χ3v) is 7.12. The Morgan fingerprint density at radius 3 is 2.41 bits per heavy atom. The van der Waals surface area contributed by atoms with Crippen molar-refractivity contribution < 1.29 is 39.7 Å². The Bertz CT molecular complexity index is 1260. The van der Waals surface area contributed by atoms with Crippen molar-refractivity contribution >= 4 is 27.8 Å². The lowest BCUT2D eigenvalue weighted by molar-refractivity contribution is -0.0581. The first-order chi connectivity index (χ1) is 15.7. The predicted molar refractivity (Wildman–Crippen MR) is 118 cm³/mol. The molecule has 0 amide bonds. The van der Waals surface area contributed by atoms with E-state index in [-0.39, 0.29) is 29.1 Å². The lowest BCUT2D eigenvalue weighted by Crippen LogP contribution is -2.32. The summed E-state index contributed by atoms with van der Waals surface area (Å²) in [7, 11) is -5.86. The number of ether oxygens (including phenoxy) is 1. The van der Waals surface area contributed by atoms with Crippen LogP contribution in [0.15, 0.2) is 41.3 Å². The zero-order chi connectivity index (χ0) is 25.3. The first kappa shape index (κ1) is 26.1. The van der Waals surface area contributed by atoms with Crippen LogP contribution >= 0.6 is 11.8 Å². The number of thioether (sulfide) groups is 1. The van der Waals surface area contributed by atoms with Crippen LogP contribution in [0.25, 0.3) is 0 Å². The van der Waals surface area contributed by atoms with Gasteiger partial charge in [-0.25, -0.2) is 9.18 Å². The Labute approximate surface area is 199 Å². The normalized spacial score (nSPS) is 17.3. The van der Waals surface area contributed by atoms with Crippen LogP contribution in [0.5, 0.6) is 0 Å². The number of hydrogen-bond acceptors (Lipinski definition) is 6. The van der Waals surface area contributed by atoms with Gasteiger partial charge in [-0.2, -0.15) is 21.6 Å². The molecule has 3 rings (SSSR count). The second kappa shape index (κ2) is 9.60. The number of fused-ring (bicyclic) bond motifs is 1. The van der Waals surface area contributed by atoms with Crippen molar-refractivity contribution in [3.05, 3.63) is 64.5 Å². The maximum absolute atomic E-state index is 14.7. The molecule has 0 spiro atoms. The minimum Gasteiger partial charge on any atom is -0.462 e. The number of carbonyl (C=O) groups excluding carboxylic acids is 1. The highest BCUT2D eigenvalue weighted by atomic mass is 32.2. The summed E-state index contributed by atoms with van der Waals surface area (Å²) in [5.41, 5.74) is -4.83. The van der Waals surface area contributed by atoms with Gasteiger partial charge in [0.15, 0.2) is 0 Å². The highest BCUT2D eigenvalue weighted by Crippen LogP contribution is 2.50. The Morgan fingerprint density at radius 2 is 1.82 bits per heavy atom. The topological polar surface area (TPSA) is 69.7 Å². The smallest absolute Gasteiger partial charge is 0.462 e. The summed E-state index contributed by atoms with van der Waals surface area (Å²) in [6.45, 7) is 5.30. The first-order valence-corrected chi connectivity index (χ1v) is 12.3. The van der Waals surface area contributed by atoms with E-state index >= 15 is 0 Å². The van der Waals surface area contributed by atoms with Gasteiger partial charge in [-0.15, -0.1) is 11.8 Å². The Balaban J connectivity index is 1.95. The van der Waals surface area contributed by atoms with Gasteiger partial charge in [0.2, 0.25) is 0 Å². The molecule has 5 nitrogen and oxygen atoms in total. The highest BCUT2D eigenvalue weighted by Gasteiger charge is 2.50.